The minimum absolute atomic E-state index is 0.166. The van der Waals surface area contributed by atoms with Gasteiger partial charge >= 0.3 is 0 Å². The number of anilines is 2. The highest BCUT2D eigenvalue weighted by Gasteiger charge is 2.28. The van der Waals surface area contributed by atoms with Crippen LogP contribution in [0, 0.1) is 5.92 Å². The van der Waals surface area contributed by atoms with Crippen molar-refractivity contribution in [1.29, 1.82) is 0 Å². The maximum absolute atomic E-state index is 12.2. The average Bonchev–Trinajstić information content (AvgIpc) is 2.45. The third-order valence-electron chi connectivity index (χ3n) is 4.22. The number of rotatable bonds is 2. The molecule has 0 saturated carbocycles. The van der Waals surface area contributed by atoms with Crippen molar-refractivity contribution in [2.45, 2.75) is 12.8 Å². The van der Waals surface area contributed by atoms with Gasteiger partial charge in [-0.2, -0.15) is 0 Å². The standard InChI is InChI=1S/C15H20BrN3O/c1-18-14-7-12(16)4-5-13(14)19(10-15(18)20)9-11-3-2-6-17-8-11/h4-5,7,11,17H,2-3,6,8-10H2,1H3. The van der Waals surface area contributed by atoms with Crippen molar-refractivity contribution in [2.75, 3.05) is 43.0 Å². The number of benzene rings is 1. The van der Waals surface area contributed by atoms with E-state index in [1.165, 1.54) is 18.5 Å². The molecule has 2 aliphatic rings. The van der Waals surface area contributed by atoms with Gasteiger partial charge < -0.3 is 15.1 Å². The molecule has 4 nitrogen and oxygen atoms in total. The van der Waals surface area contributed by atoms with E-state index in [0.29, 0.717) is 12.5 Å². The molecule has 1 atom stereocenters. The van der Waals surface area contributed by atoms with Crippen LogP contribution in [0.25, 0.3) is 0 Å². The van der Waals surface area contributed by atoms with Crippen LogP contribution >= 0.6 is 15.9 Å². The van der Waals surface area contributed by atoms with Crippen LogP contribution in [0.2, 0.25) is 0 Å². The number of likely N-dealkylation sites (N-methyl/N-ethyl adjacent to an activating group) is 1. The van der Waals surface area contributed by atoms with Gasteiger partial charge in [-0.1, -0.05) is 15.9 Å². The molecule has 20 heavy (non-hydrogen) atoms. The minimum Gasteiger partial charge on any atom is -0.360 e. The molecule has 2 aliphatic heterocycles. The van der Waals surface area contributed by atoms with Gasteiger partial charge in [0, 0.05) is 18.1 Å². The summed E-state index contributed by atoms with van der Waals surface area (Å²) >= 11 is 3.49. The van der Waals surface area contributed by atoms with Crippen LogP contribution in [0.3, 0.4) is 0 Å². The zero-order chi connectivity index (χ0) is 14.1. The zero-order valence-corrected chi connectivity index (χ0v) is 13.3. The second-order valence-corrected chi connectivity index (χ2v) is 6.59. The van der Waals surface area contributed by atoms with Crippen LogP contribution in [-0.2, 0) is 4.79 Å². The zero-order valence-electron chi connectivity index (χ0n) is 11.7. The van der Waals surface area contributed by atoms with Crippen LogP contribution in [-0.4, -0.2) is 39.1 Å². The Kier molecular flexibility index (Phi) is 3.98. The van der Waals surface area contributed by atoms with Gasteiger partial charge in [0.05, 0.1) is 17.9 Å². The van der Waals surface area contributed by atoms with E-state index in [1.807, 2.05) is 13.1 Å². The van der Waals surface area contributed by atoms with Crippen molar-refractivity contribution in [3.63, 3.8) is 0 Å². The summed E-state index contributed by atoms with van der Waals surface area (Å²) in [5.74, 6) is 0.802. The van der Waals surface area contributed by atoms with E-state index in [0.717, 1.165) is 29.8 Å². The summed E-state index contributed by atoms with van der Waals surface area (Å²) < 4.78 is 1.01. The van der Waals surface area contributed by atoms with Crippen molar-refractivity contribution >= 4 is 33.2 Å². The van der Waals surface area contributed by atoms with Crippen LogP contribution in [0.1, 0.15) is 12.8 Å². The number of halogens is 1. The molecular formula is C15H20BrN3O. The minimum atomic E-state index is 0.166. The summed E-state index contributed by atoms with van der Waals surface area (Å²) in [5.41, 5.74) is 2.17. The molecule has 0 bridgehead atoms. The molecule has 0 radical (unpaired) electrons. The number of piperidine rings is 1. The Morgan fingerprint density at radius 3 is 3.00 bits per heavy atom. The molecule has 1 N–H and O–H groups in total. The third-order valence-corrected chi connectivity index (χ3v) is 4.71. The molecule has 108 valence electrons. The van der Waals surface area contributed by atoms with Gasteiger partial charge in [0.1, 0.15) is 0 Å². The van der Waals surface area contributed by atoms with Crippen molar-refractivity contribution in [1.82, 2.24) is 5.32 Å². The SMILES string of the molecule is CN1C(=O)CN(CC2CCCNC2)c2ccc(Br)cc21. The van der Waals surface area contributed by atoms with E-state index in [1.54, 1.807) is 4.90 Å². The number of nitrogens with zero attached hydrogens (tertiary/aromatic N) is 2. The van der Waals surface area contributed by atoms with Gasteiger partial charge in [-0.05, 0) is 50.0 Å². The third kappa shape index (κ3) is 2.69. The molecule has 1 saturated heterocycles. The average molecular weight is 338 g/mol. The van der Waals surface area contributed by atoms with Crippen LogP contribution in [0.4, 0.5) is 11.4 Å². The molecule has 1 unspecified atom stereocenters. The van der Waals surface area contributed by atoms with Crippen molar-refractivity contribution < 1.29 is 4.79 Å². The number of hydrogen-bond donors (Lipinski definition) is 1. The maximum atomic E-state index is 12.2. The molecule has 1 aromatic carbocycles. The molecule has 0 aliphatic carbocycles. The van der Waals surface area contributed by atoms with Crippen LogP contribution in [0.15, 0.2) is 22.7 Å². The summed E-state index contributed by atoms with van der Waals surface area (Å²) in [6, 6.07) is 6.19. The monoisotopic (exact) mass is 337 g/mol. The first-order chi connectivity index (χ1) is 9.65. The second-order valence-electron chi connectivity index (χ2n) is 5.68. The lowest BCUT2D eigenvalue weighted by molar-refractivity contribution is -0.117. The molecule has 1 fully saturated rings. The lowest BCUT2D eigenvalue weighted by atomic mass is 9.98. The molecule has 3 rings (SSSR count). The van der Waals surface area contributed by atoms with Crippen LogP contribution in [0.5, 0.6) is 0 Å². The summed E-state index contributed by atoms with van der Waals surface area (Å²) in [5, 5.41) is 3.45. The topological polar surface area (TPSA) is 35.6 Å². The number of amides is 1. The van der Waals surface area contributed by atoms with Gasteiger partial charge in [0.15, 0.2) is 0 Å². The summed E-state index contributed by atoms with van der Waals surface area (Å²) in [7, 11) is 1.85. The molecule has 0 spiro atoms. The summed E-state index contributed by atoms with van der Waals surface area (Å²) in [6.07, 6.45) is 2.49. The fourth-order valence-electron chi connectivity index (χ4n) is 3.08. The maximum Gasteiger partial charge on any atom is 0.246 e. The van der Waals surface area contributed by atoms with Crippen molar-refractivity contribution in [2.24, 2.45) is 5.92 Å². The van der Waals surface area contributed by atoms with E-state index in [9.17, 15) is 4.79 Å². The highest BCUT2D eigenvalue weighted by atomic mass is 79.9. The van der Waals surface area contributed by atoms with E-state index < -0.39 is 0 Å². The highest BCUT2D eigenvalue weighted by Crippen LogP contribution is 2.35. The normalized spacial score (nSPS) is 22.9. The first-order valence-corrected chi connectivity index (χ1v) is 7.96. The Hall–Kier alpha value is -1.07. The Bertz CT molecular complexity index is 514. The predicted octanol–water partition coefficient (Wildman–Crippen LogP) is 2.23. The molecule has 1 aromatic rings. The first-order valence-electron chi connectivity index (χ1n) is 7.17. The van der Waals surface area contributed by atoms with Gasteiger partial charge in [-0.25, -0.2) is 0 Å². The lowest BCUT2D eigenvalue weighted by Crippen LogP contribution is -2.47. The molecule has 2 heterocycles. The Balaban J connectivity index is 1.85. The smallest absolute Gasteiger partial charge is 0.246 e. The van der Waals surface area contributed by atoms with Gasteiger partial charge in [0.25, 0.3) is 0 Å². The van der Waals surface area contributed by atoms with E-state index in [-0.39, 0.29) is 5.91 Å². The number of carbonyl (C=O) groups is 1. The Labute approximate surface area is 128 Å². The first kappa shape index (κ1) is 13.9. The largest absolute Gasteiger partial charge is 0.360 e. The fourth-order valence-corrected chi connectivity index (χ4v) is 3.42. The molecule has 1 amide bonds. The summed E-state index contributed by atoms with van der Waals surface area (Å²) in [4.78, 5) is 16.2. The quantitative estimate of drug-likeness (QED) is 0.898. The lowest BCUT2D eigenvalue weighted by Gasteiger charge is -2.38. The number of fused-ring (bicyclic) bond motifs is 1. The fraction of sp³-hybridized carbons (Fsp3) is 0.533. The predicted molar refractivity (Wildman–Crippen MR) is 85.4 cm³/mol. The van der Waals surface area contributed by atoms with Gasteiger partial charge in [-0.15, -0.1) is 0 Å². The van der Waals surface area contributed by atoms with E-state index in [2.05, 4.69) is 38.3 Å². The Morgan fingerprint density at radius 1 is 1.40 bits per heavy atom. The molecular weight excluding hydrogens is 318 g/mol. The number of hydrogen-bond acceptors (Lipinski definition) is 3. The summed E-state index contributed by atoms with van der Waals surface area (Å²) in [6.45, 7) is 3.64. The van der Waals surface area contributed by atoms with Gasteiger partial charge in [-0.3, -0.25) is 4.79 Å². The van der Waals surface area contributed by atoms with Crippen molar-refractivity contribution in [3.05, 3.63) is 22.7 Å². The second kappa shape index (κ2) is 5.74. The van der Waals surface area contributed by atoms with Crippen LogP contribution < -0.4 is 15.1 Å². The van der Waals surface area contributed by atoms with E-state index in [4.69, 9.17) is 0 Å². The highest BCUT2D eigenvalue weighted by molar-refractivity contribution is 9.10. The van der Waals surface area contributed by atoms with Gasteiger partial charge in [0.2, 0.25) is 5.91 Å². The molecule has 0 aromatic heterocycles. The Morgan fingerprint density at radius 2 is 2.25 bits per heavy atom. The molecule has 5 heteroatoms. The number of carbonyl (C=O) groups excluding carboxylic acids is 1. The van der Waals surface area contributed by atoms with Crippen molar-refractivity contribution in [3.8, 4) is 0 Å². The van der Waals surface area contributed by atoms with E-state index >= 15 is 0 Å². The number of nitrogens with one attached hydrogen (secondary N) is 1.